The fraction of sp³-hybridized carbons (Fsp3) is 1.00. The number of quaternary nitrogens is 2. The maximum Gasteiger partial charge on any atom is 0.0878 e. The molecule has 0 fully saturated rings. The van der Waals surface area contributed by atoms with Crippen LogP contribution in [-0.2, 0) is 0 Å². The van der Waals surface area contributed by atoms with Crippen LogP contribution in [0.1, 0.15) is 0 Å². The predicted octanol–water partition coefficient (Wildman–Crippen LogP) is -4.06. The molecule has 0 bridgehead atoms. The van der Waals surface area contributed by atoms with Gasteiger partial charge in [0, 0.05) is 0 Å². The van der Waals surface area contributed by atoms with E-state index in [1.54, 1.807) is 0 Å². The van der Waals surface area contributed by atoms with Crippen molar-refractivity contribution in [1.82, 2.24) is 6.15 Å². The Kier molecular flexibility index (Phi) is 33.1. The van der Waals surface area contributed by atoms with Crippen molar-refractivity contribution in [1.29, 1.82) is 0 Å². The van der Waals surface area contributed by atoms with E-state index < -0.39 is 22.7 Å². The van der Waals surface area contributed by atoms with Crippen molar-refractivity contribution < 1.29 is 45.8 Å². The predicted molar refractivity (Wildman–Crippen MR) is 29.9 cm³/mol. The minimum atomic E-state index is -0.417. The highest BCUT2D eigenvalue weighted by molar-refractivity contribution is 3.87. The highest BCUT2D eigenvalue weighted by Crippen LogP contribution is 1.73. The van der Waals surface area contributed by atoms with Gasteiger partial charge in [-0.1, -0.05) is 0 Å². The zero-order valence-corrected chi connectivity index (χ0v) is 9.35. The molecule has 0 rings (SSSR count). The minimum absolute atomic E-state index is 0. The van der Waals surface area contributed by atoms with Crippen molar-refractivity contribution in [3.8, 4) is 0 Å². The maximum absolute atomic E-state index is 8.24. The number of hydrogen-bond acceptors (Lipinski definition) is 4. The summed E-state index contributed by atoms with van der Waals surface area (Å²) in [6.07, 6.45) is 0. The molecule has 0 aromatic heterocycles. The van der Waals surface area contributed by atoms with E-state index >= 15 is 0 Å². The van der Waals surface area contributed by atoms with Gasteiger partial charge >= 0.3 is 0 Å². The summed E-state index contributed by atoms with van der Waals surface area (Å²) in [7, 11) is 8.50. The van der Waals surface area contributed by atoms with Crippen LogP contribution in [0.25, 0.3) is 0 Å². The topological polar surface area (TPSA) is 129 Å². The van der Waals surface area contributed by atoms with E-state index in [1.807, 2.05) is 0 Å². The molecular weight excluding hydrogens is 211 g/mol. The third-order valence-electron chi connectivity index (χ3n) is 0. The fourth-order valence-electron chi connectivity index (χ4n) is 0. The van der Waals surface area contributed by atoms with Gasteiger partial charge in [-0.2, -0.15) is 0 Å². The Morgan fingerprint density at radius 3 is 0.750 bits per heavy atom. The normalized spacial score (nSPS) is 8.00. The summed E-state index contributed by atoms with van der Waals surface area (Å²) in [4.78, 5) is 0. The molecule has 0 unspecified atom stereocenters. The van der Waals surface area contributed by atoms with Gasteiger partial charge in [-0.25, -0.2) is 0 Å². The number of nitrogens with zero attached hydrogens (tertiary/aromatic N) is 1. The van der Waals surface area contributed by atoms with E-state index in [0.717, 1.165) is 4.48 Å². The van der Waals surface area contributed by atoms with E-state index in [-0.39, 0.29) is 6.15 Å². The zero-order chi connectivity index (χ0) is 9.91. The number of halogens is 2. The molecule has 0 heterocycles. The van der Waals surface area contributed by atoms with Gasteiger partial charge in [0.25, 0.3) is 0 Å². The summed E-state index contributed by atoms with van der Waals surface area (Å²) in [6, 6.07) is 0. The lowest BCUT2D eigenvalue weighted by atomic mass is 10.8. The third kappa shape index (κ3) is 7800. The molecule has 0 saturated carbocycles. The molecule has 12 heavy (non-hydrogen) atoms. The second-order valence-corrected chi connectivity index (χ2v) is 3.06. The van der Waals surface area contributed by atoms with Crippen LogP contribution in [0.3, 0.4) is 0 Å². The van der Waals surface area contributed by atoms with E-state index in [2.05, 4.69) is 28.2 Å². The first kappa shape index (κ1) is 22.8. The van der Waals surface area contributed by atoms with Crippen LogP contribution in [0.2, 0.25) is 0 Å². The SMILES string of the molecule is C[N+](C)(C)C.[NH4+].[O-][Cl+][O-].[O-][Cl+][O-]. The molecule has 80 valence electrons. The largest absolute Gasteiger partial charge is 0.544 e. The van der Waals surface area contributed by atoms with Crippen LogP contribution in [0.4, 0.5) is 0 Å². The quantitative estimate of drug-likeness (QED) is 0.422. The molecule has 6 nitrogen and oxygen atoms in total. The Bertz CT molecular complexity index is 53.5. The molecule has 0 aliphatic carbocycles. The van der Waals surface area contributed by atoms with Crippen molar-refractivity contribution >= 4 is 0 Å². The lowest BCUT2D eigenvalue weighted by Crippen LogP contribution is -2.27. The van der Waals surface area contributed by atoms with E-state index in [1.165, 1.54) is 0 Å². The molecule has 0 aromatic carbocycles. The molecule has 0 saturated heterocycles. The Balaban J connectivity index is -0.0000000406. The number of rotatable bonds is 0. The third-order valence-corrected chi connectivity index (χ3v) is 0. The zero-order valence-electron chi connectivity index (χ0n) is 7.84. The Morgan fingerprint density at radius 2 is 0.750 bits per heavy atom. The first-order chi connectivity index (χ1) is 4.83. The summed E-state index contributed by atoms with van der Waals surface area (Å²) in [5, 5.41) is 0. The van der Waals surface area contributed by atoms with Crippen molar-refractivity contribution in [3.63, 3.8) is 0 Å². The number of hydrogen-bond donors (Lipinski definition) is 1. The van der Waals surface area contributed by atoms with Gasteiger partial charge in [0.2, 0.25) is 0 Å². The van der Waals surface area contributed by atoms with Crippen LogP contribution < -0.4 is 24.8 Å². The second kappa shape index (κ2) is 17.4. The van der Waals surface area contributed by atoms with Gasteiger partial charge in [0.05, 0.1) is 50.8 Å². The highest BCUT2D eigenvalue weighted by atomic mass is 35.6. The molecule has 0 spiro atoms. The summed E-state index contributed by atoms with van der Waals surface area (Å²) < 4.78 is 33.9. The van der Waals surface area contributed by atoms with Crippen LogP contribution in [0.15, 0.2) is 0 Å². The highest BCUT2D eigenvalue weighted by Gasteiger charge is 1.88. The minimum Gasteiger partial charge on any atom is -0.544 e. The van der Waals surface area contributed by atoms with Gasteiger partial charge in [-0.15, -0.1) is 0 Å². The van der Waals surface area contributed by atoms with E-state index in [9.17, 15) is 0 Å². The van der Waals surface area contributed by atoms with Crippen molar-refractivity contribution in [2.45, 2.75) is 0 Å². The van der Waals surface area contributed by atoms with Gasteiger partial charge in [-0.05, 0) is 0 Å². The standard InChI is InChI=1S/C4H12N.2ClO2.H3N/c1-5(2,3)4;2*2-1-3;/h1-4H3;;;1H3/q+1;2*-1;/p+1. The molecule has 4 N–H and O–H groups in total. The van der Waals surface area contributed by atoms with Gasteiger partial charge < -0.3 is 29.3 Å². The van der Waals surface area contributed by atoms with E-state index in [4.69, 9.17) is 18.6 Å². The molecule has 0 aromatic rings. The molecular formula is C4H16Cl2N2O4. The molecule has 8 heteroatoms. The fourth-order valence-corrected chi connectivity index (χ4v) is 0. The first-order valence-corrected chi connectivity index (χ1v) is 3.64. The van der Waals surface area contributed by atoms with Crippen LogP contribution in [0.5, 0.6) is 0 Å². The molecule has 0 aliphatic heterocycles. The molecule has 0 atom stereocenters. The Hall–Kier alpha value is 0.340. The van der Waals surface area contributed by atoms with E-state index in [0.29, 0.717) is 0 Å². The van der Waals surface area contributed by atoms with Crippen LogP contribution in [-0.4, -0.2) is 32.7 Å². The lowest BCUT2D eigenvalue weighted by Gasteiger charge is -2.14. The molecule has 0 aliphatic rings. The monoisotopic (exact) mass is 226 g/mol. The molecule has 0 amide bonds. The Labute approximate surface area is 80.7 Å². The van der Waals surface area contributed by atoms with Crippen LogP contribution >= 0.6 is 0 Å². The average molecular weight is 227 g/mol. The summed E-state index contributed by atoms with van der Waals surface area (Å²) >= 11 is -0.833. The molecule has 0 radical (unpaired) electrons. The smallest absolute Gasteiger partial charge is 0.0878 e. The van der Waals surface area contributed by atoms with Gasteiger partial charge in [-0.3, -0.25) is 0 Å². The lowest BCUT2D eigenvalue weighted by molar-refractivity contribution is -1.41. The van der Waals surface area contributed by atoms with Crippen molar-refractivity contribution in [3.05, 3.63) is 0 Å². The maximum atomic E-state index is 8.24. The summed E-state index contributed by atoms with van der Waals surface area (Å²) in [6.45, 7) is 0. The van der Waals surface area contributed by atoms with Crippen molar-refractivity contribution in [2.24, 2.45) is 0 Å². The summed E-state index contributed by atoms with van der Waals surface area (Å²) in [5.74, 6) is 0. The van der Waals surface area contributed by atoms with Gasteiger partial charge in [0.1, 0.15) is 0 Å². The van der Waals surface area contributed by atoms with Gasteiger partial charge in [0.15, 0.2) is 0 Å². The second-order valence-electron chi connectivity index (χ2n) is 2.81. The average Bonchev–Trinajstić information content (AvgIpc) is 1.62. The van der Waals surface area contributed by atoms with Crippen LogP contribution in [0, 0.1) is 22.7 Å². The van der Waals surface area contributed by atoms with Crippen molar-refractivity contribution in [2.75, 3.05) is 28.2 Å². The summed E-state index contributed by atoms with van der Waals surface area (Å²) in [5.41, 5.74) is 0. The Morgan fingerprint density at radius 1 is 0.750 bits per heavy atom. The first-order valence-electron chi connectivity index (χ1n) is 2.41.